The van der Waals surface area contributed by atoms with Crippen LogP contribution in [0.5, 0.6) is 0 Å². The lowest BCUT2D eigenvalue weighted by Crippen LogP contribution is -2.12. The van der Waals surface area contributed by atoms with Gasteiger partial charge in [0.1, 0.15) is 5.76 Å². The number of rotatable bonds is 6. The number of aromatic nitrogens is 4. The summed E-state index contributed by atoms with van der Waals surface area (Å²) < 4.78 is 12.0. The van der Waals surface area contributed by atoms with E-state index in [1.807, 2.05) is 17.7 Å². The van der Waals surface area contributed by atoms with E-state index in [4.69, 9.17) is 8.94 Å². The highest BCUT2D eigenvalue weighted by Gasteiger charge is 2.14. The maximum atomic E-state index is 11.8. The molecule has 0 aliphatic heterocycles. The lowest BCUT2D eigenvalue weighted by Gasteiger charge is -2.02. The van der Waals surface area contributed by atoms with Crippen LogP contribution >= 0.6 is 11.8 Å². The van der Waals surface area contributed by atoms with Gasteiger partial charge in [0.25, 0.3) is 0 Å². The molecule has 0 fully saturated rings. The molecule has 0 atom stereocenters. The fourth-order valence-electron chi connectivity index (χ4n) is 1.93. The molecule has 0 saturated carbocycles. The zero-order valence-corrected chi connectivity index (χ0v) is 13.5. The Balaban J connectivity index is 1.52. The monoisotopic (exact) mass is 333 g/mol. The predicted molar refractivity (Wildman–Crippen MR) is 83.9 cm³/mol. The molecule has 0 aromatic carbocycles. The molecule has 0 bridgehead atoms. The first-order valence-corrected chi connectivity index (χ1v) is 7.91. The molecule has 3 heterocycles. The van der Waals surface area contributed by atoms with Crippen LogP contribution in [-0.2, 0) is 11.8 Å². The zero-order chi connectivity index (χ0) is 16.2. The van der Waals surface area contributed by atoms with Crippen LogP contribution in [0.4, 0.5) is 5.82 Å². The van der Waals surface area contributed by atoms with Crippen molar-refractivity contribution in [3.05, 3.63) is 30.2 Å². The maximum absolute atomic E-state index is 11.8. The summed E-state index contributed by atoms with van der Waals surface area (Å²) in [5.41, 5.74) is 0. The number of furan rings is 1. The summed E-state index contributed by atoms with van der Waals surface area (Å²) in [6, 6.07) is 5.29. The Morgan fingerprint density at radius 3 is 3.00 bits per heavy atom. The van der Waals surface area contributed by atoms with Crippen molar-refractivity contribution in [2.45, 2.75) is 18.5 Å². The fraction of sp³-hybridized carbons (Fsp3) is 0.286. The molecule has 23 heavy (non-hydrogen) atoms. The van der Waals surface area contributed by atoms with E-state index in [0.29, 0.717) is 35.3 Å². The molecule has 0 unspecified atom stereocenters. The Morgan fingerprint density at radius 2 is 2.30 bits per heavy atom. The molecule has 1 amide bonds. The molecule has 0 saturated heterocycles. The number of anilines is 1. The summed E-state index contributed by atoms with van der Waals surface area (Å²) in [6.07, 6.45) is 1.92. The van der Waals surface area contributed by atoms with E-state index < -0.39 is 0 Å². The Bertz CT molecular complexity index is 793. The highest BCUT2D eigenvalue weighted by molar-refractivity contribution is 7.99. The van der Waals surface area contributed by atoms with Crippen molar-refractivity contribution in [3.63, 3.8) is 0 Å². The van der Waals surface area contributed by atoms with Gasteiger partial charge in [-0.3, -0.25) is 4.79 Å². The van der Waals surface area contributed by atoms with Gasteiger partial charge in [-0.1, -0.05) is 16.9 Å². The SMILES string of the molecule is Cc1cc(NC(=O)CCSc2nnc(-c3ccco3)n2C)no1. The van der Waals surface area contributed by atoms with Crippen LogP contribution in [0.25, 0.3) is 11.6 Å². The molecule has 0 radical (unpaired) electrons. The molecule has 0 spiro atoms. The Morgan fingerprint density at radius 1 is 1.43 bits per heavy atom. The van der Waals surface area contributed by atoms with Gasteiger partial charge in [0.05, 0.1) is 6.26 Å². The van der Waals surface area contributed by atoms with Crippen LogP contribution in [-0.4, -0.2) is 31.6 Å². The van der Waals surface area contributed by atoms with E-state index in [2.05, 4.69) is 20.7 Å². The van der Waals surface area contributed by atoms with Crippen molar-refractivity contribution in [2.24, 2.45) is 7.05 Å². The average Bonchev–Trinajstić information content (AvgIpc) is 3.23. The second-order valence-electron chi connectivity index (χ2n) is 4.81. The molecule has 3 aromatic rings. The third kappa shape index (κ3) is 3.62. The number of thioether (sulfide) groups is 1. The van der Waals surface area contributed by atoms with E-state index in [9.17, 15) is 4.79 Å². The van der Waals surface area contributed by atoms with Gasteiger partial charge < -0.3 is 18.8 Å². The zero-order valence-electron chi connectivity index (χ0n) is 12.6. The Hall–Kier alpha value is -2.55. The number of nitrogens with zero attached hydrogens (tertiary/aromatic N) is 4. The molecule has 120 valence electrons. The highest BCUT2D eigenvalue weighted by Crippen LogP contribution is 2.23. The minimum Gasteiger partial charge on any atom is -0.461 e. The first-order chi connectivity index (χ1) is 11.1. The lowest BCUT2D eigenvalue weighted by atomic mass is 10.4. The van der Waals surface area contributed by atoms with Crippen molar-refractivity contribution in [2.75, 3.05) is 11.1 Å². The number of carbonyl (C=O) groups is 1. The van der Waals surface area contributed by atoms with Gasteiger partial charge in [0.2, 0.25) is 5.91 Å². The normalized spacial score (nSPS) is 10.9. The molecule has 8 nitrogen and oxygen atoms in total. The molecule has 0 aliphatic carbocycles. The van der Waals surface area contributed by atoms with Gasteiger partial charge in [0, 0.05) is 25.3 Å². The van der Waals surface area contributed by atoms with E-state index in [0.717, 1.165) is 5.16 Å². The van der Waals surface area contributed by atoms with Crippen LogP contribution in [0.15, 0.2) is 38.6 Å². The Kier molecular flexibility index (Phi) is 4.47. The standard InChI is InChI=1S/C14H15N5O3S/c1-9-8-11(18-22-9)15-12(20)5-7-23-14-17-16-13(19(14)2)10-4-3-6-21-10/h3-4,6,8H,5,7H2,1-2H3,(H,15,18,20). The third-order valence-electron chi connectivity index (χ3n) is 3.03. The van der Waals surface area contributed by atoms with E-state index in [1.165, 1.54) is 11.8 Å². The molecule has 9 heteroatoms. The number of nitrogens with one attached hydrogen (secondary N) is 1. The topological polar surface area (TPSA) is 99.0 Å². The lowest BCUT2D eigenvalue weighted by molar-refractivity contribution is -0.115. The van der Waals surface area contributed by atoms with Crippen molar-refractivity contribution < 1.29 is 13.7 Å². The van der Waals surface area contributed by atoms with Gasteiger partial charge in [-0.2, -0.15) is 0 Å². The van der Waals surface area contributed by atoms with Gasteiger partial charge in [0.15, 0.2) is 22.6 Å². The van der Waals surface area contributed by atoms with E-state index in [-0.39, 0.29) is 5.91 Å². The molecule has 0 aliphatic rings. The van der Waals surface area contributed by atoms with E-state index >= 15 is 0 Å². The number of aryl methyl sites for hydroxylation is 1. The van der Waals surface area contributed by atoms with Crippen molar-refractivity contribution in [1.82, 2.24) is 19.9 Å². The number of amides is 1. The van der Waals surface area contributed by atoms with Crippen LogP contribution in [0.2, 0.25) is 0 Å². The summed E-state index contributed by atoms with van der Waals surface area (Å²) >= 11 is 1.45. The number of hydrogen-bond acceptors (Lipinski definition) is 7. The van der Waals surface area contributed by atoms with Gasteiger partial charge in [-0.25, -0.2) is 0 Å². The van der Waals surface area contributed by atoms with E-state index in [1.54, 1.807) is 25.3 Å². The maximum Gasteiger partial charge on any atom is 0.226 e. The van der Waals surface area contributed by atoms with Gasteiger partial charge in [-0.05, 0) is 19.1 Å². The summed E-state index contributed by atoms with van der Waals surface area (Å²) in [5, 5.41) is 15.3. The summed E-state index contributed by atoms with van der Waals surface area (Å²) in [7, 11) is 1.86. The van der Waals surface area contributed by atoms with Crippen LogP contribution < -0.4 is 5.32 Å². The van der Waals surface area contributed by atoms with Crippen molar-refractivity contribution >= 4 is 23.5 Å². The minimum atomic E-state index is -0.126. The predicted octanol–water partition coefficient (Wildman–Crippen LogP) is 2.49. The van der Waals surface area contributed by atoms with Gasteiger partial charge in [-0.15, -0.1) is 10.2 Å². The molecule has 3 aromatic heterocycles. The first-order valence-electron chi connectivity index (χ1n) is 6.92. The largest absolute Gasteiger partial charge is 0.461 e. The average molecular weight is 333 g/mol. The second-order valence-corrected chi connectivity index (χ2v) is 5.87. The van der Waals surface area contributed by atoms with Gasteiger partial charge >= 0.3 is 0 Å². The smallest absolute Gasteiger partial charge is 0.226 e. The molecule has 1 N–H and O–H groups in total. The first kappa shape index (κ1) is 15.3. The van der Waals surface area contributed by atoms with Crippen molar-refractivity contribution in [3.8, 4) is 11.6 Å². The minimum absolute atomic E-state index is 0.126. The summed E-state index contributed by atoms with van der Waals surface area (Å²) in [4.78, 5) is 11.8. The second kappa shape index (κ2) is 6.69. The number of hydrogen-bond donors (Lipinski definition) is 1. The van der Waals surface area contributed by atoms with Crippen LogP contribution in [0.3, 0.4) is 0 Å². The highest BCUT2D eigenvalue weighted by atomic mass is 32.2. The fourth-order valence-corrected chi connectivity index (χ4v) is 2.78. The molecular weight excluding hydrogens is 318 g/mol. The molecule has 3 rings (SSSR count). The van der Waals surface area contributed by atoms with Crippen molar-refractivity contribution in [1.29, 1.82) is 0 Å². The molecular formula is C14H15N5O3S. The van der Waals surface area contributed by atoms with Crippen LogP contribution in [0.1, 0.15) is 12.2 Å². The Labute approximate surface area is 136 Å². The summed E-state index contributed by atoms with van der Waals surface area (Å²) in [6.45, 7) is 1.77. The summed E-state index contributed by atoms with van der Waals surface area (Å²) in [5.74, 6) is 2.84. The van der Waals surface area contributed by atoms with Crippen LogP contribution in [0, 0.1) is 6.92 Å². The number of carbonyl (C=O) groups excluding carboxylic acids is 1. The quantitative estimate of drug-likeness (QED) is 0.692. The third-order valence-corrected chi connectivity index (χ3v) is 4.05.